The Bertz CT molecular complexity index is 1560. The fraction of sp³-hybridized carbons (Fsp3) is 0.296. The van der Waals surface area contributed by atoms with Crippen LogP contribution in [0.2, 0.25) is 0 Å². The van der Waals surface area contributed by atoms with E-state index in [4.69, 9.17) is 0 Å². The van der Waals surface area contributed by atoms with Gasteiger partial charge >= 0.3 is 0 Å². The molecule has 1 aliphatic heterocycles. The minimum atomic E-state index is -3.81. The lowest BCUT2D eigenvalue weighted by Crippen LogP contribution is -2.44. The molecule has 1 fully saturated rings. The van der Waals surface area contributed by atoms with E-state index in [1.165, 1.54) is 6.20 Å². The average Bonchev–Trinajstić information content (AvgIpc) is 2.87. The van der Waals surface area contributed by atoms with Crippen LogP contribution in [0.5, 0.6) is 0 Å². The summed E-state index contributed by atoms with van der Waals surface area (Å²) in [6.45, 7) is 2.72. The maximum absolute atomic E-state index is 15.0. The third kappa shape index (κ3) is 5.94. The molecule has 0 aliphatic carbocycles. The predicted molar refractivity (Wildman–Crippen MR) is 140 cm³/mol. The Balaban J connectivity index is 1.38. The van der Waals surface area contributed by atoms with E-state index < -0.39 is 39.0 Å². The Morgan fingerprint density at radius 1 is 1.03 bits per heavy atom. The van der Waals surface area contributed by atoms with Crippen LogP contribution in [0.1, 0.15) is 23.1 Å². The van der Waals surface area contributed by atoms with Crippen LogP contribution in [-0.2, 0) is 21.3 Å². The van der Waals surface area contributed by atoms with Gasteiger partial charge in [0.1, 0.15) is 23.3 Å². The number of sulfone groups is 1. The minimum absolute atomic E-state index is 0.148. The van der Waals surface area contributed by atoms with Gasteiger partial charge in [-0.1, -0.05) is 30.3 Å². The number of aromatic nitrogens is 3. The van der Waals surface area contributed by atoms with Crippen molar-refractivity contribution in [3.63, 3.8) is 0 Å². The van der Waals surface area contributed by atoms with Crippen molar-refractivity contribution in [3.8, 4) is 11.3 Å². The Kier molecular flexibility index (Phi) is 7.31. The highest BCUT2D eigenvalue weighted by molar-refractivity contribution is 7.89. The Hall–Kier alpha value is -3.57. The standard InChI is InChI=1S/C27H26F3N5O2S/c1-16-7-24(34-25-13-32-27(35-26(16)25)33-20-10-19(28)11-31-12-20)18-8-22(29)21(23(30)9-18)15-38(36,37)14-17-5-3-2-4-6-17/h2-9,13,19-20,31H,10-12,14-15H2,1H3,(H,32,33,35)/t19-,20-/m0/s1. The van der Waals surface area contributed by atoms with Crippen LogP contribution in [0.15, 0.2) is 54.7 Å². The lowest BCUT2D eigenvalue weighted by molar-refractivity contribution is 0.254. The molecule has 0 amide bonds. The zero-order chi connectivity index (χ0) is 26.9. The van der Waals surface area contributed by atoms with Gasteiger partial charge in [0.25, 0.3) is 0 Å². The van der Waals surface area contributed by atoms with E-state index in [1.807, 2.05) is 0 Å². The molecular formula is C27H26F3N5O2S. The van der Waals surface area contributed by atoms with Crippen molar-refractivity contribution in [1.82, 2.24) is 20.3 Å². The number of alkyl halides is 1. The van der Waals surface area contributed by atoms with Gasteiger partial charge in [0.2, 0.25) is 5.95 Å². The molecule has 7 nitrogen and oxygen atoms in total. The molecule has 0 unspecified atom stereocenters. The van der Waals surface area contributed by atoms with E-state index in [0.717, 1.165) is 12.1 Å². The third-order valence-corrected chi connectivity index (χ3v) is 7.90. The fourth-order valence-corrected chi connectivity index (χ4v) is 6.09. The quantitative estimate of drug-likeness (QED) is 0.356. The van der Waals surface area contributed by atoms with Crippen molar-refractivity contribution in [2.24, 2.45) is 0 Å². The van der Waals surface area contributed by atoms with E-state index >= 15 is 0 Å². The molecular weight excluding hydrogens is 515 g/mol. The van der Waals surface area contributed by atoms with Crippen molar-refractivity contribution >= 4 is 26.8 Å². The first-order chi connectivity index (χ1) is 18.2. The molecule has 11 heteroatoms. The van der Waals surface area contributed by atoms with Gasteiger partial charge in [0.05, 0.1) is 28.9 Å². The molecule has 198 valence electrons. The highest BCUT2D eigenvalue weighted by atomic mass is 32.2. The number of nitrogens with one attached hydrogen (secondary N) is 2. The first-order valence-corrected chi connectivity index (χ1v) is 14.0. The van der Waals surface area contributed by atoms with Crippen molar-refractivity contribution in [3.05, 3.63) is 83.1 Å². The van der Waals surface area contributed by atoms with Crippen LogP contribution in [0.3, 0.4) is 0 Å². The number of rotatable bonds is 7. The first-order valence-electron chi connectivity index (χ1n) is 12.2. The maximum atomic E-state index is 15.0. The summed E-state index contributed by atoms with van der Waals surface area (Å²) < 4.78 is 68.9. The number of benzene rings is 2. The summed E-state index contributed by atoms with van der Waals surface area (Å²) in [6.07, 6.45) is 0.913. The van der Waals surface area contributed by atoms with Crippen molar-refractivity contribution in [1.29, 1.82) is 0 Å². The largest absolute Gasteiger partial charge is 0.350 e. The smallest absolute Gasteiger partial charge is 0.223 e. The van der Waals surface area contributed by atoms with Gasteiger partial charge in [0, 0.05) is 36.7 Å². The molecule has 0 bridgehead atoms. The highest BCUT2D eigenvalue weighted by Gasteiger charge is 2.23. The fourth-order valence-electron chi connectivity index (χ4n) is 4.57. The third-order valence-electron chi connectivity index (χ3n) is 6.40. The molecule has 1 saturated heterocycles. The second kappa shape index (κ2) is 10.7. The molecule has 2 N–H and O–H groups in total. The number of aryl methyl sites for hydroxylation is 1. The number of piperidine rings is 1. The molecule has 1 aliphatic rings. The molecule has 2 aromatic heterocycles. The van der Waals surface area contributed by atoms with E-state index in [0.29, 0.717) is 53.3 Å². The highest BCUT2D eigenvalue weighted by Crippen LogP contribution is 2.28. The van der Waals surface area contributed by atoms with Crippen LogP contribution in [0.4, 0.5) is 19.1 Å². The number of pyridine rings is 1. The van der Waals surface area contributed by atoms with Crippen LogP contribution < -0.4 is 10.6 Å². The van der Waals surface area contributed by atoms with Gasteiger partial charge in [-0.05, 0) is 36.2 Å². The average molecular weight is 542 g/mol. The zero-order valence-electron chi connectivity index (χ0n) is 20.6. The molecule has 3 heterocycles. The Morgan fingerprint density at radius 2 is 1.76 bits per heavy atom. The Labute approximate surface area is 218 Å². The lowest BCUT2D eigenvalue weighted by atomic mass is 10.1. The normalized spacial score (nSPS) is 18.0. The van der Waals surface area contributed by atoms with E-state index in [2.05, 4.69) is 25.6 Å². The summed E-state index contributed by atoms with van der Waals surface area (Å²) in [4.78, 5) is 13.3. The molecule has 0 saturated carbocycles. The van der Waals surface area contributed by atoms with Crippen LogP contribution in [-0.4, -0.2) is 48.7 Å². The minimum Gasteiger partial charge on any atom is -0.350 e. The number of halogens is 3. The molecule has 2 atom stereocenters. The molecule has 0 radical (unpaired) electrons. The molecule has 0 spiro atoms. The lowest BCUT2D eigenvalue weighted by Gasteiger charge is -2.26. The van der Waals surface area contributed by atoms with Crippen LogP contribution in [0, 0.1) is 18.6 Å². The van der Waals surface area contributed by atoms with E-state index in [9.17, 15) is 21.6 Å². The number of hydrogen-bond donors (Lipinski definition) is 2. The second-order valence-electron chi connectivity index (χ2n) is 9.52. The molecule has 4 aromatic rings. The zero-order valence-corrected chi connectivity index (χ0v) is 21.4. The van der Waals surface area contributed by atoms with Crippen LogP contribution >= 0.6 is 0 Å². The summed E-state index contributed by atoms with van der Waals surface area (Å²) >= 11 is 0. The number of anilines is 1. The van der Waals surface area contributed by atoms with Crippen molar-refractivity contribution < 1.29 is 21.6 Å². The summed E-state index contributed by atoms with van der Waals surface area (Å²) in [5, 5.41) is 6.15. The van der Waals surface area contributed by atoms with Gasteiger partial charge in [-0.2, -0.15) is 0 Å². The first kappa shape index (κ1) is 26.1. The van der Waals surface area contributed by atoms with Gasteiger partial charge in [0.15, 0.2) is 9.84 Å². The van der Waals surface area contributed by atoms with Crippen molar-refractivity contribution in [2.75, 3.05) is 18.4 Å². The molecule has 5 rings (SSSR count). The van der Waals surface area contributed by atoms with Crippen molar-refractivity contribution in [2.45, 2.75) is 37.1 Å². The summed E-state index contributed by atoms with van der Waals surface area (Å²) in [6, 6.07) is 12.1. The molecule has 38 heavy (non-hydrogen) atoms. The summed E-state index contributed by atoms with van der Waals surface area (Å²) in [5.74, 6) is -2.65. The predicted octanol–water partition coefficient (Wildman–Crippen LogP) is 4.51. The van der Waals surface area contributed by atoms with Gasteiger partial charge in [-0.15, -0.1) is 0 Å². The van der Waals surface area contributed by atoms with E-state index in [1.54, 1.807) is 43.3 Å². The summed E-state index contributed by atoms with van der Waals surface area (Å²) in [5.41, 5.74) is 2.18. The van der Waals surface area contributed by atoms with Gasteiger partial charge in [-0.25, -0.2) is 36.5 Å². The van der Waals surface area contributed by atoms with E-state index in [-0.39, 0.29) is 17.4 Å². The van der Waals surface area contributed by atoms with Gasteiger partial charge < -0.3 is 10.6 Å². The number of hydrogen-bond acceptors (Lipinski definition) is 7. The maximum Gasteiger partial charge on any atom is 0.223 e. The number of nitrogens with zero attached hydrogens (tertiary/aromatic N) is 3. The topological polar surface area (TPSA) is 96.9 Å². The number of fused-ring (bicyclic) bond motifs is 1. The second-order valence-corrected chi connectivity index (χ2v) is 11.6. The van der Waals surface area contributed by atoms with Gasteiger partial charge in [-0.3, -0.25) is 0 Å². The SMILES string of the molecule is Cc1cc(-c2cc(F)c(CS(=O)(=O)Cc3ccccc3)c(F)c2)nc2cnc(N[C@@H]3CNC[C@@H](F)C3)nc12. The Morgan fingerprint density at radius 3 is 2.47 bits per heavy atom. The summed E-state index contributed by atoms with van der Waals surface area (Å²) in [7, 11) is -3.81. The van der Waals surface area contributed by atoms with Crippen LogP contribution in [0.25, 0.3) is 22.3 Å². The molecule has 2 aromatic carbocycles. The monoisotopic (exact) mass is 541 g/mol.